The summed E-state index contributed by atoms with van der Waals surface area (Å²) >= 11 is 0. The van der Waals surface area contributed by atoms with E-state index in [1.165, 1.54) is 0 Å². The van der Waals surface area contributed by atoms with Gasteiger partial charge in [-0.2, -0.15) is 0 Å². The van der Waals surface area contributed by atoms with Gasteiger partial charge in [0.15, 0.2) is 0 Å². The lowest BCUT2D eigenvalue weighted by Gasteiger charge is -2.23. The molecule has 3 heterocycles. The van der Waals surface area contributed by atoms with Crippen molar-refractivity contribution in [3.8, 4) is 0 Å². The third-order valence-corrected chi connectivity index (χ3v) is 5.17. The number of amides is 1. The Kier molecular flexibility index (Phi) is 4.72. The highest BCUT2D eigenvalue weighted by Crippen LogP contribution is 2.26. The normalized spacial score (nSPS) is 21.0. The third-order valence-electron chi connectivity index (χ3n) is 5.17. The van der Waals surface area contributed by atoms with Crippen LogP contribution in [-0.4, -0.2) is 21.5 Å². The second-order valence-corrected chi connectivity index (χ2v) is 7.39. The van der Waals surface area contributed by atoms with Crippen molar-refractivity contribution in [2.75, 3.05) is 0 Å². The first-order chi connectivity index (χ1) is 13.0. The Morgan fingerprint density at radius 3 is 2.78 bits per heavy atom. The number of hydrogen-bond donors (Lipinski definition) is 3. The summed E-state index contributed by atoms with van der Waals surface area (Å²) in [7, 11) is 1.99. The smallest absolute Gasteiger partial charge is 0.239 e. The molecule has 1 saturated heterocycles. The zero-order valence-corrected chi connectivity index (χ0v) is 15.8. The number of carbonyl (C=O) groups excluding carboxylic acids is 1. The van der Waals surface area contributed by atoms with Gasteiger partial charge in [-0.05, 0) is 36.6 Å². The van der Waals surface area contributed by atoms with Crippen LogP contribution in [0.3, 0.4) is 0 Å². The van der Waals surface area contributed by atoms with Crippen molar-refractivity contribution >= 4 is 16.9 Å². The number of benzene rings is 1. The van der Waals surface area contributed by atoms with Gasteiger partial charge >= 0.3 is 0 Å². The summed E-state index contributed by atoms with van der Waals surface area (Å²) in [5.74, 6) is 1.86. The predicted molar refractivity (Wildman–Crippen MR) is 103 cm³/mol. The second-order valence-electron chi connectivity index (χ2n) is 7.39. The van der Waals surface area contributed by atoms with E-state index in [4.69, 9.17) is 9.40 Å². The van der Waals surface area contributed by atoms with E-state index in [-0.39, 0.29) is 30.0 Å². The van der Waals surface area contributed by atoms with Crippen LogP contribution in [-0.2, 0) is 11.8 Å². The van der Waals surface area contributed by atoms with Crippen molar-refractivity contribution < 1.29 is 9.21 Å². The van der Waals surface area contributed by atoms with Crippen molar-refractivity contribution in [1.29, 1.82) is 0 Å². The third kappa shape index (κ3) is 3.36. The molecule has 3 atom stereocenters. The molecule has 142 valence electrons. The predicted octanol–water partition coefficient (Wildman–Crippen LogP) is 2.59. The van der Waals surface area contributed by atoms with Crippen molar-refractivity contribution in [2.24, 2.45) is 13.0 Å². The molecule has 27 heavy (non-hydrogen) atoms. The Morgan fingerprint density at radius 2 is 2.07 bits per heavy atom. The molecule has 3 unspecified atom stereocenters. The van der Waals surface area contributed by atoms with Crippen LogP contribution in [0.15, 0.2) is 47.1 Å². The molecule has 7 heteroatoms. The number of fused-ring (bicyclic) bond motifs is 1. The largest absolute Gasteiger partial charge is 0.468 e. The summed E-state index contributed by atoms with van der Waals surface area (Å²) in [5, 5.41) is 3.19. The fourth-order valence-corrected chi connectivity index (χ4v) is 3.63. The van der Waals surface area contributed by atoms with Crippen molar-refractivity contribution in [1.82, 2.24) is 25.7 Å². The van der Waals surface area contributed by atoms with E-state index in [9.17, 15) is 4.79 Å². The Hall–Kier alpha value is -2.64. The van der Waals surface area contributed by atoms with E-state index in [0.717, 1.165) is 22.6 Å². The van der Waals surface area contributed by atoms with Gasteiger partial charge in [0.25, 0.3) is 0 Å². The fourth-order valence-electron chi connectivity index (χ4n) is 3.63. The quantitative estimate of drug-likeness (QED) is 0.646. The number of nitrogens with zero attached hydrogens (tertiary/aromatic N) is 2. The number of furan rings is 1. The lowest BCUT2D eigenvalue weighted by atomic mass is 10.0. The van der Waals surface area contributed by atoms with Crippen LogP contribution in [0.1, 0.15) is 43.9 Å². The van der Waals surface area contributed by atoms with Crippen molar-refractivity contribution in [2.45, 2.75) is 38.4 Å². The molecule has 4 rings (SSSR count). The van der Waals surface area contributed by atoms with E-state index in [0.29, 0.717) is 6.42 Å². The maximum atomic E-state index is 12.9. The van der Waals surface area contributed by atoms with Crippen LogP contribution in [0.25, 0.3) is 11.0 Å². The van der Waals surface area contributed by atoms with Crippen LogP contribution < -0.4 is 16.2 Å². The summed E-state index contributed by atoms with van der Waals surface area (Å²) in [4.78, 5) is 17.7. The summed E-state index contributed by atoms with van der Waals surface area (Å²) in [6.45, 7) is 4.19. The molecule has 1 aliphatic rings. The molecule has 3 N–H and O–H groups in total. The molecule has 3 aromatic rings. The van der Waals surface area contributed by atoms with Gasteiger partial charge in [0.05, 0.1) is 29.4 Å². The van der Waals surface area contributed by atoms with Crippen LogP contribution in [0.2, 0.25) is 0 Å². The van der Waals surface area contributed by atoms with Crippen molar-refractivity contribution in [3.05, 3.63) is 54.2 Å². The van der Waals surface area contributed by atoms with E-state index in [2.05, 4.69) is 34.6 Å². The lowest BCUT2D eigenvalue weighted by Crippen LogP contribution is -2.45. The minimum Gasteiger partial charge on any atom is -0.468 e. The molecule has 0 bridgehead atoms. The molecular formula is C20H25N5O2. The van der Waals surface area contributed by atoms with Gasteiger partial charge in [0, 0.05) is 7.05 Å². The number of aromatic nitrogens is 2. The Morgan fingerprint density at radius 1 is 1.26 bits per heavy atom. The molecule has 2 aromatic heterocycles. The highest BCUT2D eigenvalue weighted by Gasteiger charge is 2.34. The van der Waals surface area contributed by atoms with Crippen molar-refractivity contribution in [3.63, 3.8) is 0 Å². The van der Waals surface area contributed by atoms with Gasteiger partial charge < -0.3 is 14.3 Å². The number of hydrazine groups is 1. The number of hydrogen-bond acceptors (Lipinski definition) is 5. The average molecular weight is 367 g/mol. The number of aryl methyl sites for hydroxylation is 1. The second kappa shape index (κ2) is 7.17. The highest BCUT2D eigenvalue weighted by molar-refractivity contribution is 5.83. The maximum Gasteiger partial charge on any atom is 0.239 e. The van der Waals surface area contributed by atoms with Gasteiger partial charge in [0.2, 0.25) is 5.91 Å². The fraction of sp³-hybridized carbons (Fsp3) is 0.400. The highest BCUT2D eigenvalue weighted by atomic mass is 16.3. The summed E-state index contributed by atoms with van der Waals surface area (Å²) in [6, 6.07) is 11.3. The van der Waals surface area contributed by atoms with E-state index in [1.54, 1.807) is 6.26 Å². The molecule has 1 fully saturated rings. The minimum atomic E-state index is -0.323. The SMILES string of the molecule is CC(C)C(NC(=O)C1CC(c2ccco2)NN1)c1nc2ccccc2n1C. The first-order valence-electron chi connectivity index (χ1n) is 9.30. The molecule has 1 amide bonds. The number of para-hydroxylation sites is 2. The van der Waals surface area contributed by atoms with Gasteiger partial charge in [-0.25, -0.2) is 15.8 Å². The summed E-state index contributed by atoms with van der Waals surface area (Å²) in [5.41, 5.74) is 8.22. The van der Waals surface area contributed by atoms with Crippen LogP contribution in [0.5, 0.6) is 0 Å². The molecule has 0 radical (unpaired) electrons. The Balaban J connectivity index is 1.51. The monoisotopic (exact) mass is 367 g/mol. The van der Waals surface area contributed by atoms with Crippen LogP contribution in [0, 0.1) is 5.92 Å². The lowest BCUT2D eigenvalue weighted by molar-refractivity contribution is -0.124. The molecule has 0 saturated carbocycles. The molecule has 0 spiro atoms. The van der Waals surface area contributed by atoms with Gasteiger partial charge in [0.1, 0.15) is 17.6 Å². The standard InChI is InChI=1S/C20H25N5O2/c1-12(2)18(19-21-13-7-4-5-8-16(13)25(19)3)22-20(26)15-11-14(23-24-15)17-9-6-10-27-17/h4-10,12,14-15,18,23-24H,11H2,1-3H3,(H,22,26). The van der Waals surface area contributed by atoms with E-state index in [1.807, 2.05) is 43.4 Å². The molecule has 1 aliphatic heterocycles. The van der Waals surface area contributed by atoms with E-state index < -0.39 is 0 Å². The number of rotatable bonds is 5. The van der Waals surface area contributed by atoms with Gasteiger partial charge in [-0.1, -0.05) is 26.0 Å². The molecule has 0 aliphatic carbocycles. The van der Waals surface area contributed by atoms with Gasteiger partial charge in [-0.3, -0.25) is 4.79 Å². The topological polar surface area (TPSA) is 84.1 Å². The zero-order chi connectivity index (χ0) is 19.0. The van der Waals surface area contributed by atoms with Gasteiger partial charge in [-0.15, -0.1) is 0 Å². The summed E-state index contributed by atoms with van der Waals surface area (Å²) in [6.07, 6.45) is 2.28. The number of carbonyl (C=O) groups is 1. The maximum absolute atomic E-state index is 12.9. The number of imidazole rings is 1. The summed E-state index contributed by atoms with van der Waals surface area (Å²) < 4.78 is 7.50. The van der Waals surface area contributed by atoms with Crippen LogP contribution in [0.4, 0.5) is 0 Å². The number of nitrogens with one attached hydrogen (secondary N) is 3. The molecule has 1 aromatic carbocycles. The minimum absolute atomic E-state index is 0.0102. The zero-order valence-electron chi connectivity index (χ0n) is 15.8. The average Bonchev–Trinajstić information content (AvgIpc) is 3.39. The first kappa shape index (κ1) is 17.8. The molecule has 7 nitrogen and oxygen atoms in total. The van der Waals surface area contributed by atoms with E-state index >= 15 is 0 Å². The Labute approximate surface area is 158 Å². The van der Waals surface area contributed by atoms with Crippen LogP contribution >= 0.6 is 0 Å². The Bertz CT molecular complexity index is 931. The molecular weight excluding hydrogens is 342 g/mol. The first-order valence-corrected chi connectivity index (χ1v) is 9.30.